The van der Waals surface area contributed by atoms with Gasteiger partial charge in [0.25, 0.3) is 0 Å². The zero-order valence-electron chi connectivity index (χ0n) is 7.91. The number of halogens is 2. The summed E-state index contributed by atoms with van der Waals surface area (Å²) in [6.45, 7) is 0.219. The highest BCUT2D eigenvalue weighted by Crippen LogP contribution is 2.27. The van der Waals surface area contributed by atoms with Crippen LogP contribution in [0.2, 0.25) is 0 Å². The van der Waals surface area contributed by atoms with Crippen molar-refractivity contribution in [1.29, 1.82) is 0 Å². The third-order valence-electron chi connectivity index (χ3n) is 2.11. The molecule has 0 amide bonds. The zero-order chi connectivity index (χ0) is 11.4. The topological polar surface area (TPSA) is 63.3 Å². The van der Waals surface area contributed by atoms with Crippen molar-refractivity contribution in [2.45, 2.75) is 12.3 Å². The average molecular weight is 276 g/mol. The van der Waals surface area contributed by atoms with Crippen LogP contribution in [0.25, 0.3) is 0 Å². The lowest BCUT2D eigenvalue weighted by molar-refractivity contribution is -0.137. The van der Waals surface area contributed by atoms with Gasteiger partial charge in [-0.1, -0.05) is 22.0 Å². The molecule has 0 spiro atoms. The number of aliphatic carboxylic acids is 1. The fourth-order valence-electron chi connectivity index (χ4n) is 1.36. The Labute approximate surface area is 95.2 Å². The molecule has 0 radical (unpaired) electrons. The van der Waals surface area contributed by atoms with Gasteiger partial charge in [-0.05, 0) is 24.2 Å². The number of hydrogen-bond donors (Lipinski definition) is 2. The molecule has 0 aliphatic heterocycles. The summed E-state index contributed by atoms with van der Waals surface area (Å²) in [6.07, 6.45) is -0.0548. The Balaban J connectivity index is 2.96. The molecule has 1 aromatic carbocycles. The minimum Gasteiger partial charge on any atom is -0.481 e. The Hall–Kier alpha value is -0.940. The van der Waals surface area contributed by atoms with Gasteiger partial charge >= 0.3 is 5.97 Å². The van der Waals surface area contributed by atoms with E-state index in [1.807, 2.05) is 0 Å². The molecule has 3 N–H and O–H groups in total. The van der Waals surface area contributed by atoms with E-state index in [0.29, 0.717) is 4.47 Å². The lowest BCUT2D eigenvalue weighted by Gasteiger charge is -2.14. The summed E-state index contributed by atoms with van der Waals surface area (Å²) in [5.41, 5.74) is 6.21. The Morgan fingerprint density at radius 3 is 2.73 bits per heavy atom. The summed E-state index contributed by atoms with van der Waals surface area (Å²) in [5.74, 6) is -1.57. The molecular formula is C10H11BrFNO2. The van der Waals surface area contributed by atoms with Crippen LogP contribution in [0.5, 0.6) is 0 Å². The second-order valence-corrected chi connectivity index (χ2v) is 4.05. The quantitative estimate of drug-likeness (QED) is 0.885. The predicted molar refractivity (Wildman–Crippen MR) is 58.1 cm³/mol. The molecule has 0 fully saturated rings. The first kappa shape index (κ1) is 12.1. The van der Waals surface area contributed by atoms with Crippen LogP contribution in [-0.2, 0) is 4.79 Å². The Bertz CT molecular complexity index is 370. The van der Waals surface area contributed by atoms with Crippen molar-refractivity contribution in [2.75, 3.05) is 6.54 Å². The molecule has 1 rings (SSSR count). The van der Waals surface area contributed by atoms with Crippen molar-refractivity contribution in [3.05, 3.63) is 34.1 Å². The maximum atomic E-state index is 12.8. The molecule has 0 saturated carbocycles. The lowest BCUT2D eigenvalue weighted by atomic mass is 9.96. The highest BCUT2D eigenvalue weighted by molar-refractivity contribution is 9.10. The molecule has 1 aromatic rings. The van der Waals surface area contributed by atoms with E-state index in [2.05, 4.69) is 15.9 Å². The third-order valence-corrected chi connectivity index (χ3v) is 2.79. The molecular weight excluding hydrogens is 265 g/mol. The molecule has 0 saturated heterocycles. The number of nitrogens with two attached hydrogens (primary N) is 1. The highest BCUT2D eigenvalue weighted by atomic mass is 79.9. The van der Waals surface area contributed by atoms with E-state index in [9.17, 15) is 9.18 Å². The monoisotopic (exact) mass is 275 g/mol. The molecule has 1 unspecified atom stereocenters. The van der Waals surface area contributed by atoms with Crippen LogP contribution in [0, 0.1) is 5.82 Å². The van der Waals surface area contributed by atoms with Crippen LogP contribution in [-0.4, -0.2) is 17.6 Å². The highest BCUT2D eigenvalue weighted by Gasteiger charge is 2.16. The smallest absolute Gasteiger partial charge is 0.304 e. The Morgan fingerprint density at radius 1 is 1.60 bits per heavy atom. The van der Waals surface area contributed by atoms with Gasteiger partial charge in [0, 0.05) is 10.4 Å². The fraction of sp³-hybridized carbons (Fsp3) is 0.300. The van der Waals surface area contributed by atoms with Crippen molar-refractivity contribution >= 4 is 21.9 Å². The Morgan fingerprint density at radius 2 is 2.27 bits per heavy atom. The summed E-state index contributed by atoms with van der Waals surface area (Å²) in [6, 6.07) is 4.16. The second kappa shape index (κ2) is 5.23. The molecule has 82 valence electrons. The lowest BCUT2D eigenvalue weighted by Crippen LogP contribution is -2.16. The molecule has 5 heteroatoms. The van der Waals surface area contributed by atoms with Crippen LogP contribution < -0.4 is 5.73 Å². The van der Waals surface area contributed by atoms with Crippen LogP contribution in [0.15, 0.2) is 22.7 Å². The summed E-state index contributed by atoms with van der Waals surface area (Å²) in [4.78, 5) is 10.6. The molecule has 15 heavy (non-hydrogen) atoms. The van der Waals surface area contributed by atoms with Crippen molar-refractivity contribution in [2.24, 2.45) is 5.73 Å². The number of rotatable bonds is 4. The van der Waals surface area contributed by atoms with Crippen molar-refractivity contribution < 1.29 is 14.3 Å². The van der Waals surface area contributed by atoms with Crippen LogP contribution in [0.1, 0.15) is 17.9 Å². The van der Waals surface area contributed by atoms with E-state index < -0.39 is 5.97 Å². The van der Waals surface area contributed by atoms with Crippen molar-refractivity contribution in [1.82, 2.24) is 0 Å². The summed E-state index contributed by atoms with van der Waals surface area (Å²) >= 11 is 3.19. The van der Waals surface area contributed by atoms with Gasteiger partial charge in [-0.2, -0.15) is 0 Å². The summed E-state index contributed by atoms with van der Waals surface area (Å²) in [7, 11) is 0. The van der Waals surface area contributed by atoms with E-state index in [1.54, 1.807) is 6.07 Å². The molecule has 0 bridgehead atoms. The van der Waals surface area contributed by atoms with Crippen LogP contribution in [0.3, 0.4) is 0 Å². The number of hydrogen-bond acceptors (Lipinski definition) is 2. The largest absolute Gasteiger partial charge is 0.481 e. The van der Waals surface area contributed by atoms with Gasteiger partial charge in [0.05, 0.1) is 6.42 Å². The van der Waals surface area contributed by atoms with E-state index in [0.717, 1.165) is 5.56 Å². The van der Waals surface area contributed by atoms with E-state index in [-0.39, 0.29) is 24.7 Å². The maximum Gasteiger partial charge on any atom is 0.304 e. The van der Waals surface area contributed by atoms with Crippen molar-refractivity contribution in [3.8, 4) is 0 Å². The first-order chi connectivity index (χ1) is 7.04. The number of carboxylic acids is 1. The van der Waals surface area contributed by atoms with E-state index in [4.69, 9.17) is 10.8 Å². The summed E-state index contributed by atoms with van der Waals surface area (Å²) in [5, 5.41) is 8.68. The van der Waals surface area contributed by atoms with Gasteiger partial charge < -0.3 is 10.8 Å². The molecule has 0 aliphatic rings. The minimum atomic E-state index is -0.915. The fourth-order valence-corrected chi connectivity index (χ4v) is 2.04. The van der Waals surface area contributed by atoms with E-state index in [1.165, 1.54) is 12.1 Å². The molecule has 0 heterocycles. The summed E-state index contributed by atoms with van der Waals surface area (Å²) < 4.78 is 13.4. The first-order valence-electron chi connectivity index (χ1n) is 4.41. The van der Waals surface area contributed by atoms with Gasteiger partial charge in [0.1, 0.15) is 5.82 Å². The van der Waals surface area contributed by atoms with Crippen LogP contribution in [0.4, 0.5) is 4.39 Å². The minimum absolute atomic E-state index is 0.0548. The van der Waals surface area contributed by atoms with Gasteiger partial charge in [-0.3, -0.25) is 4.79 Å². The molecule has 0 aromatic heterocycles. The first-order valence-corrected chi connectivity index (χ1v) is 5.20. The standard InChI is InChI=1S/C10H11BrFNO2/c11-9-4-7(12)1-2-8(9)6(5-13)3-10(14)15/h1-2,4,6H,3,5,13H2,(H,14,15). The molecule has 0 aliphatic carbocycles. The van der Waals surface area contributed by atoms with E-state index >= 15 is 0 Å². The molecule has 1 atom stereocenters. The van der Waals surface area contributed by atoms with Gasteiger partial charge in [-0.25, -0.2) is 4.39 Å². The average Bonchev–Trinajstić information content (AvgIpc) is 2.14. The van der Waals surface area contributed by atoms with Crippen LogP contribution >= 0.6 is 15.9 Å². The molecule has 3 nitrogen and oxygen atoms in total. The zero-order valence-corrected chi connectivity index (χ0v) is 9.50. The second-order valence-electron chi connectivity index (χ2n) is 3.20. The maximum absolute atomic E-state index is 12.8. The Kier molecular flexibility index (Phi) is 4.23. The van der Waals surface area contributed by atoms with Gasteiger partial charge in [0.15, 0.2) is 0 Å². The van der Waals surface area contributed by atoms with Gasteiger partial charge in [0.2, 0.25) is 0 Å². The third kappa shape index (κ3) is 3.28. The predicted octanol–water partition coefficient (Wildman–Crippen LogP) is 2.11. The normalized spacial score (nSPS) is 12.5. The number of carboxylic acid groups (broad SMARTS) is 1. The number of benzene rings is 1. The SMILES string of the molecule is NCC(CC(=O)O)c1ccc(F)cc1Br. The van der Waals surface area contributed by atoms with Gasteiger partial charge in [-0.15, -0.1) is 0 Å². The number of carbonyl (C=O) groups is 1. The van der Waals surface area contributed by atoms with Crippen molar-refractivity contribution in [3.63, 3.8) is 0 Å².